The molecule has 0 amide bonds. The molecule has 0 bridgehead atoms. The molecule has 0 aromatic carbocycles. The Morgan fingerprint density at radius 2 is 2.33 bits per heavy atom. The Bertz CT molecular complexity index is 255. The number of allylic oxidation sites excluding steroid dienone is 1. The summed E-state index contributed by atoms with van der Waals surface area (Å²) in [5, 5.41) is -0.137. The van der Waals surface area contributed by atoms with E-state index in [9.17, 15) is 4.79 Å². The Kier molecular flexibility index (Phi) is 4.54. The second-order valence-electron chi connectivity index (χ2n) is 4.30. The zero-order valence-electron chi connectivity index (χ0n) is 9.84. The summed E-state index contributed by atoms with van der Waals surface area (Å²) in [7, 11) is 0.914. The molecule has 3 nitrogen and oxygen atoms in total. The average molecular weight is 228 g/mol. The smallest absolute Gasteiger partial charge is 0.333 e. The molecule has 0 saturated carbocycles. The maximum atomic E-state index is 11.4. The lowest BCUT2D eigenvalue weighted by Crippen LogP contribution is -2.42. The molecule has 1 aliphatic heterocycles. The molecule has 0 N–H and O–H groups in total. The quantitative estimate of drug-likeness (QED) is 0.406. The summed E-state index contributed by atoms with van der Waals surface area (Å²) < 4.78 is 10.9. The highest BCUT2D eigenvalue weighted by molar-refractivity contribution is 6.14. The van der Waals surface area contributed by atoms with Crippen molar-refractivity contribution in [2.75, 3.05) is 13.2 Å². The Hall–Kier alpha value is -0.613. The lowest BCUT2D eigenvalue weighted by molar-refractivity contribution is -0.147. The van der Waals surface area contributed by atoms with Gasteiger partial charge in [-0.1, -0.05) is 6.08 Å². The molecule has 0 spiro atoms. The number of carbonyl (C=O) groups excluding carboxylic acids is 1. The van der Waals surface area contributed by atoms with Crippen molar-refractivity contribution in [1.29, 1.82) is 0 Å². The molecule has 1 rings (SSSR count). The van der Waals surface area contributed by atoms with Crippen molar-refractivity contribution in [2.24, 2.45) is 0 Å². The summed E-state index contributed by atoms with van der Waals surface area (Å²) in [6, 6.07) is 0. The standard InChI is InChI=1S/C11H20O3Si/c1-3-9(2)10(12)13-8-11(15)6-4-5-7-14-11/h3H,4-8H2,1-2,15H3. The van der Waals surface area contributed by atoms with Crippen LogP contribution in [0.25, 0.3) is 0 Å². The fourth-order valence-corrected chi connectivity index (χ4v) is 2.26. The first kappa shape index (κ1) is 12.5. The molecule has 0 aliphatic carbocycles. The van der Waals surface area contributed by atoms with Crippen molar-refractivity contribution in [3.8, 4) is 0 Å². The number of hydrogen-bond acceptors (Lipinski definition) is 3. The molecular formula is C11H20O3Si. The molecule has 0 aromatic rings. The minimum Gasteiger partial charge on any atom is -0.460 e. The summed E-state index contributed by atoms with van der Waals surface area (Å²) in [6.45, 7) is 4.83. The highest BCUT2D eigenvalue weighted by atomic mass is 28.1. The normalized spacial score (nSPS) is 27.7. The van der Waals surface area contributed by atoms with E-state index >= 15 is 0 Å². The van der Waals surface area contributed by atoms with Gasteiger partial charge in [0.05, 0.1) is 5.22 Å². The predicted molar refractivity (Wildman–Crippen MR) is 62.9 cm³/mol. The number of ether oxygens (including phenoxy) is 2. The van der Waals surface area contributed by atoms with Crippen LogP contribution in [0.4, 0.5) is 0 Å². The van der Waals surface area contributed by atoms with Crippen molar-refractivity contribution in [3.05, 3.63) is 11.6 Å². The van der Waals surface area contributed by atoms with Gasteiger partial charge >= 0.3 is 5.97 Å². The molecule has 0 radical (unpaired) electrons. The molecule has 1 atom stereocenters. The topological polar surface area (TPSA) is 35.5 Å². The minimum atomic E-state index is -0.220. The van der Waals surface area contributed by atoms with E-state index in [-0.39, 0.29) is 11.2 Å². The lowest BCUT2D eigenvalue weighted by atomic mass is 10.1. The Balaban J connectivity index is 2.38. The van der Waals surface area contributed by atoms with E-state index in [0.29, 0.717) is 12.2 Å². The number of carbonyl (C=O) groups is 1. The van der Waals surface area contributed by atoms with Crippen LogP contribution < -0.4 is 0 Å². The molecule has 1 heterocycles. The zero-order valence-corrected chi connectivity index (χ0v) is 11.8. The second kappa shape index (κ2) is 5.46. The largest absolute Gasteiger partial charge is 0.460 e. The third kappa shape index (κ3) is 3.79. The van der Waals surface area contributed by atoms with Gasteiger partial charge < -0.3 is 9.47 Å². The van der Waals surface area contributed by atoms with E-state index in [1.54, 1.807) is 13.0 Å². The van der Waals surface area contributed by atoms with E-state index in [1.165, 1.54) is 6.42 Å². The van der Waals surface area contributed by atoms with E-state index in [0.717, 1.165) is 29.7 Å². The molecule has 4 heteroatoms. The van der Waals surface area contributed by atoms with Gasteiger partial charge in [0, 0.05) is 22.4 Å². The van der Waals surface area contributed by atoms with Crippen LogP contribution in [-0.2, 0) is 14.3 Å². The summed E-state index contributed by atoms with van der Waals surface area (Å²) in [5.41, 5.74) is 0.663. The third-order valence-corrected chi connectivity index (χ3v) is 3.89. The molecule has 0 aromatic heterocycles. The third-order valence-electron chi connectivity index (χ3n) is 2.81. The van der Waals surface area contributed by atoms with Crippen LogP contribution in [0.5, 0.6) is 0 Å². The van der Waals surface area contributed by atoms with E-state index in [2.05, 4.69) is 0 Å². The number of esters is 1. The molecular weight excluding hydrogens is 208 g/mol. The molecule has 1 fully saturated rings. The van der Waals surface area contributed by atoms with Gasteiger partial charge in [-0.3, -0.25) is 0 Å². The van der Waals surface area contributed by atoms with Crippen molar-refractivity contribution in [2.45, 2.75) is 38.3 Å². The summed E-state index contributed by atoms with van der Waals surface area (Å²) >= 11 is 0. The van der Waals surface area contributed by atoms with Crippen LogP contribution in [0.2, 0.25) is 0 Å². The summed E-state index contributed by atoms with van der Waals surface area (Å²) in [6.07, 6.45) is 5.11. The Morgan fingerprint density at radius 3 is 2.87 bits per heavy atom. The summed E-state index contributed by atoms with van der Waals surface area (Å²) in [5.74, 6) is -0.220. The first-order valence-electron chi connectivity index (χ1n) is 5.51. The Labute approximate surface area is 94.3 Å². The monoisotopic (exact) mass is 228 g/mol. The van der Waals surface area contributed by atoms with Gasteiger partial charge in [-0.15, -0.1) is 0 Å². The first-order chi connectivity index (χ1) is 7.07. The molecule has 1 unspecified atom stereocenters. The van der Waals surface area contributed by atoms with Gasteiger partial charge in [-0.05, 0) is 33.1 Å². The van der Waals surface area contributed by atoms with E-state index < -0.39 is 0 Å². The maximum Gasteiger partial charge on any atom is 0.333 e. The number of hydrogen-bond donors (Lipinski definition) is 0. The lowest BCUT2D eigenvalue weighted by Gasteiger charge is -2.33. The van der Waals surface area contributed by atoms with Gasteiger partial charge in [0.25, 0.3) is 0 Å². The fraction of sp³-hybridized carbons (Fsp3) is 0.727. The van der Waals surface area contributed by atoms with Crippen LogP contribution in [0.15, 0.2) is 11.6 Å². The van der Waals surface area contributed by atoms with Gasteiger partial charge in [0.1, 0.15) is 6.61 Å². The van der Waals surface area contributed by atoms with Crippen molar-refractivity contribution in [1.82, 2.24) is 0 Å². The molecule has 15 heavy (non-hydrogen) atoms. The Morgan fingerprint density at radius 1 is 1.60 bits per heavy atom. The maximum absolute atomic E-state index is 11.4. The van der Waals surface area contributed by atoms with Crippen molar-refractivity contribution >= 4 is 16.2 Å². The SMILES string of the molecule is CC=C(C)C(=O)OCC1([SiH3])CCCCO1. The van der Waals surface area contributed by atoms with Crippen LogP contribution in [0.3, 0.4) is 0 Å². The van der Waals surface area contributed by atoms with Crippen molar-refractivity contribution in [3.63, 3.8) is 0 Å². The van der Waals surface area contributed by atoms with Crippen LogP contribution >= 0.6 is 0 Å². The molecule has 1 aliphatic rings. The van der Waals surface area contributed by atoms with Crippen LogP contribution in [0.1, 0.15) is 33.1 Å². The van der Waals surface area contributed by atoms with Gasteiger partial charge in [0.2, 0.25) is 0 Å². The minimum absolute atomic E-state index is 0.137. The highest BCUT2D eigenvalue weighted by Crippen LogP contribution is 2.22. The van der Waals surface area contributed by atoms with Crippen LogP contribution in [0, 0.1) is 0 Å². The predicted octanol–water partition coefficient (Wildman–Crippen LogP) is 0.758. The van der Waals surface area contributed by atoms with Gasteiger partial charge in [0.15, 0.2) is 0 Å². The molecule has 86 valence electrons. The fourth-order valence-electron chi connectivity index (χ4n) is 1.56. The zero-order chi connectivity index (χ0) is 11.3. The second-order valence-corrected chi connectivity index (χ2v) is 6.13. The van der Waals surface area contributed by atoms with Crippen molar-refractivity contribution < 1.29 is 14.3 Å². The number of rotatable bonds is 3. The molecule has 1 saturated heterocycles. The van der Waals surface area contributed by atoms with Crippen LogP contribution in [-0.4, -0.2) is 34.6 Å². The van der Waals surface area contributed by atoms with E-state index in [1.807, 2.05) is 6.92 Å². The highest BCUT2D eigenvalue weighted by Gasteiger charge is 2.29. The average Bonchev–Trinajstić information content (AvgIpc) is 2.26. The van der Waals surface area contributed by atoms with Gasteiger partial charge in [-0.25, -0.2) is 4.79 Å². The van der Waals surface area contributed by atoms with E-state index in [4.69, 9.17) is 9.47 Å². The summed E-state index contributed by atoms with van der Waals surface area (Å²) in [4.78, 5) is 11.4. The van der Waals surface area contributed by atoms with Gasteiger partial charge in [-0.2, -0.15) is 0 Å². The first-order valence-corrected chi connectivity index (χ1v) is 6.51.